The van der Waals surface area contributed by atoms with Crippen molar-refractivity contribution >= 4 is 5.91 Å². The summed E-state index contributed by atoms with van der Waals surface area (Å²) in [5.74, 6) is 0.819. The van der Waals surface area contributed by atoms with Gasteiger partial charge in [-0.1, -0.05) is 30.3 Å². The Morgan fingerprint density at radius 1 is 1.32 bits per heavy atom. The number of benzene rings is 1. The zero-order valence-electron chi connectivity index (χ0n) is 11.4. The van der Waals surface area contributed by atoms with Gasteiger partial charge in [-0.15, -0.1) is 0 Å². The largest absolute Gasteiger partial charge is 0.381 e. The Labute approximate surface area is 115 Å². The summed E-state index contributed by atoms with van der Waals surface area (Å²) in [7, 11) is 0. The molecule has 1 aromatic carbocycles. The molecule has 1 atom stereocenters. The Kier molecular flexibility index (Phi) is 5.89. The maximum Gasteiger partial charge on any atom is 0.220 e. The topological polar surface area (TPSA) is 38.3 Å². The zero-order valence-corrected chi connectivity index (χ0v) is 11.4. The standard InChI is InChI=1S/C16H23NO2/c18-16(17-11-9-15-10-12-19-13-15)8-4-7-14-5-2-1-3-6-14/h1-3,5-6,15H,4,7-13H2,(H,17,18)/t15-/m0/s1. The Morgan fingerprint density at radius 2 is 2.16 bits per heavy atom. The lowest BCUT2D eigenvalue weighted by Crippen LogP contribution is -2.25. The Hall–Kier alpha value is -1.35. The molecule has 1 aliphatic rings. The van der Waals surface area contributed by atoms with Crippen LogP contribution >= 0.6 is 0 Å². The second-order valence-corrected chi connectivity index (χ2v) is 5.21. The molecule has 1 amide bonds. The van der Waals surface area contributed by atoms with Crippen LogP contribution in [0.1, 0.15) is 31.2 Å². The number of amides is 1. The molecule has 2 rings (SSSR count). The fourth-order valence-corrected chi connectivity index (χ4v) is 2.41. The van der Waals surface area contributed by atoms with Crippen molar-refractivity contribution in [2.75, 3.05) is 19.8 Å². The van der Waals surface area contributed by atoms with Crippen molar-refractivity contribution in [3.63, 3.8) is 0 Å². The van der Waals surface area contributed by atoms with Crippen LogP contribution in [0.2, 0.25) is 0 Å². The lowest BCUT2D eigenvalue weighted by Gasteiger charge is -2.08. The van der Waals surface area contributed by atoms with Gasteiger partial charge in [0.25, 0.3) is 0 Å². The first-order chi connectivity index (χ1) is 9.34. The van der Waals surface area contributed by atoms with Crippen LogP contribution in [-0.4, -0.2) is 25.7 Å². The summed E-state index contributed by atoms with van der Waals surface area (Å²) in [5, 5.41) is 3.00. The average Bonchev–Trinajstić information content (AvgIpc) is 2.93. The summed E-state index contributed by atoms with van der Waals surface area (Å²) in [6.45, 7) is 2.54. The highest BCUT2D eigenvalue weighted by Crippen LogP contribution is 2.15. The molecule has 1 saturated heterocycles. The van der Waals surface area contributed by atoms with E-state index >= 15 is 0 Å². The zero-order chi connectivity index (χ0) is 13.3. The van der Waals surface area contributed by atoms with Crippen molar-refractivity contribution < 1.29 is 9.53 Å². The molecular formula is C16H23NO2. The van der Waals surface area contributed by atoms with Crippen molar-refractivity contribution in [1.82, 2.24) is 5.32 Å². The van der Waals surface area contributed by atoms with E-state index in [4.69, 9.17) is 4.74 Å². The number of rotatable bonds is 7. The van der Waals surface area contributed by atoms with Gasteiger partial charge in [0.15, 0.2) is 0 Å². The summed E-state index contributed by atoms with van der Waals surface area (Å²) in [5.41, 5.74) is 1.30. The van der Waals surface area contributed by atoms with E-state index in [1.54, 1.807) is 0 Å². The molecule has 0 unspecified atom stereocenters. The summed E-state index contributed by atoms with van der Waals surface area (Å²) in [6, 6.07) is 10.3. The summed E-state index contributed by atoms with van der Waals surface area (Å²) < 4.78 is 5.32. The molecule has 1 heterocycles. The number of nitrogens with one attached hydrogen (secondary N) is 1. The summed E-state index contributed by atoms with van der Waals surface area (Å²) in [4.78, 5) is 11.7. The molecule has 1 aliphatic heterocycles. The predicted molar refractivity (Wildman–Crippen MR) is 75.9 cm³/mol. The SMILES string of the molecule is O=C(CCCc1ccccc1)NCC[C@H]1CCOC1. The van der Waals surface area contributed by atoms with Gasteiger partial charge in [-0.2, -0.15) is 0 Å². The molecule has 0 radical (unpaired) electrons. The van der Waals surface area contributed by atoms with E-state index in [-0.39, 0.29) is 5.91 Å². The Bertz CT molecular complexity index is 372. The lowest BCUT2D eigenvalue weighted by atomic mass is 10.1. The second kappa shape index (κ2) is 7.95. The molecule has 1 N–H and O–H groups in total. The van der Waals surface area contributed by atoms with Gasteiger partial charge < -0.3 is 10.1 Å². The third-order valence-corrected chi connectivity index (χ3v) is 3.61. The number of carbonyl (C=O) groups is 1. The van der Waals surface area contributed by atoms with E-state index in [2.05, 4.69) is 17.4 Å². The van der Waals surface area contributed by atoms with Crippen molar-refractivity contribution in [2.45, 2.75) is 32.1 Å². The quantitative estimate of drug-likeness (QED) is 0.819. The summed E-state index contributed by atoms with van der Waals surface area (Å²) in [6.07, 6.45) is 4.71. The average molecular weight is 261 g/mol. The number of ether oxygens (including phenoxy) is 1. The van der Waals surface area contributed by atoms with E-state index in [0.717, 1.165) is 45.4 Å². The predicted octanol–water partition coefficient (Wildman–Crippen LogP) is 2.55. The van der Waals surface area contributed by atoms with E-state index in [1.165, 1.54) is 5.56 Å². The first-order valence-electron chi connectivity index (χ1n) is 7.23. The Balaban J connectivity index is 1.52. The monoisotopic (exact) mass is 261 g/mol. The Morgan fingerprint density at radius 3 is 2.89 bits per heavy atom. The fraction of sp³-hybridized carbons (Fsp3) is 0.562. The maximum absolute atomic E-state index is 11.7. The van der Waals surface area contributed by atoms with Crippen molar-refractivity contribution in [3.05, 3.63) is 35.9 Å². The minimum absolute atomic E-state index is 0.176. The van der Waals surface area contributed by atoms with Crippen LogP contribution in [0.4, 0.5) is 0 Å². The van der Waals surface area contributed by atoms with Crippen molar-refractivity contribution in [1.29, 1.82) is 0 Å². The van der Waals surface area contributed by atoms with Gasteiger partial charge in [-0.3, -0.25) is 4.79 Å². The molecule has 0 saturated carbocycles. The molecular weight excluding hydrogens is 238 g/mol. The molecule has 1 fully saturated rings. The van der Waals surface area contributed by atoms with Gasteiger partial charge in [0.1, 0.15) is 0 Å². The third-order valence-electron chi connectivity index (χ3n) is 3.61. The molecule has 3 nitrogen and oxygen atoms in total. The van der Waals surface area contributed by atoms with Gasteiger partial charge in [-0.25, -0.2) is 0 Å². The van der Waals surface area contributed by atoms with E-state index in [0.29, 0.717) is 12.3 Å². The molecule has 19 heavy (non-hydrogen) atoms. The highest BCUT2D eigenvalue weighted by Gasteiger charge is 2.15. The van der Waals surface area contributed by atoms with Crippen LogP contribution in [0.25, 0.3) is 0 Å². The van der Waals surface area contributed by atoms with Crippen LogP contribution in [0, 0.1) is 5.92 Å². The van der Waals surface area contributed by atoms with Crippen LogP contribution < -0.4 is 5.32 Å². The molecule has 0 aliphatic carbocycles. The van der Waals surface area contributed by atoms with E-state index in [1.807, 2.05) is 18.2 Å². The highest BCUT2D eigenvalue weighted by molar-refractivity contribution is 5.75. The summed E-state index contributed by atoms with van der Waals surface area (Å²) >= 11 is 0. The van der Waals surface area contributed by atoms with Crippen LogP contribution in [0.3, 0.4) is 0 Å². The van der Waals surface area contributed by atoms with Crippen LogP contribution in [0.5, 0.6) is 0 Å². The highest BCUT2D eigenvalue weighted by atomic mass is 16.5. The first kappa shape index (κ1) is 14.1. The fourth-order valence-electron chi connectivity index (χ4n) is 2.41. The first-order valence-corrected chi connectivity index (χ1v) is 7.23. The number of hydrogen-bond acceptors (Lipinski definition) is 2. The third kappa shape index (κ3) is 5.43. The van der Waals surface area contributed by atoms with Crippen LogP contribution in [-0.2, 0) is 16.0 Å². The maximum atomic E-state index is 11.7. The molecule has 3 heteroatoms. The van der Waals surface area contributed by atoms with Crippen molar-refractivity contribution in [3.8, 4) is 0 Å². The number of carbonyl (C=O) groups excluding carboxylic acids is 1. The van der Waals surface area contributed by atoms with E-state index in [9.17, 15) is 4.79 Å². The number of aryl methyl sites for hydroxylation is 1. The second-order valence-electron chi connectivity index (χ2n) is 5.21. The molecule has 104 valence electrons. The van der Waals surface area contributed by atoms with Crippen LogP contribution in [0.15, 0.2) is 30.3 Å². The van der Waals surface area contributed by atoms with Gasteiger partial charge in [0.05, 0.1) is 0 Å². The van der Waals surface area contributed by atoms with Gasteiger partial charge >= 0.3 is 0 Å². The molecule has 1 aromatic rings. The molecule has 0 spiro atoms. The van der Waals surface area contributed by atoms with E-state index < -0.39 is 0 Å². The van der Waals surface area contributed by atoms with Gasteiger partial charge in [0, 0.05) is 26.2 Å². The van der Waals surface area contributed by atoms with Gasteiger partial charge in [-0.05, 0) is 37.2 Å². The normalized spacial score (nSPS) is 18.4. The minimum Gasteiger partial charge on any atom is -0.381 e. The smallest absolute Gasteiger partial charge is 0.220 e. The van der Waals surface area contributed by atoms with Crippen molar-refractivity contribution in [2.24, 2.45) is 5.92 Å². The van der Waals surface area contributed by atoms with Gasteiger partial charge in [0.2, 0.25) is 5.91 Å². The minimum atomic E-state index is 0.176. The molecule has 0 aromatic heterocycles. The number of hydrogen-bond donors (Lipinski definition) is 1. The lowest BCUT2D eigenvalue weighted by molar-refractivity contribution is -0.121. The molecule has 0 bridgehead atoms.